The maximum Gasteiger partial charge on any atom is 0.410 e. The van der Waals surface area contributed by atoms with Gasteiger partial charge >= 0.3 is 6.09 Å². The van der Waals surface area contributed by atoms with Crippen molar-refractivity contribution in [3.8, 4) is 5.75 Å². The van der Waals surface area contributed by atoms with Gasteiger partial charge in [-0.15, -0.1) is 0 Å². The Morgan fingerprint density at radius 1 is 1.20 bits per heavy atom. The predicted molar refractivity (Wildman–Crippen MR) is 129 cm³/mol. The topological polar surface area (TPSA) is 85.2 Å². The monoisotopic (exact) mass is 482 g/mol. The normalized spacial score (nSPS) is 14.2. The van der Waals surface area contributed by atoms with Crippen LogP contribution in [0.5, 0.6) is 5.75 Å². The lowest BCUT2D eigenvalue weighted by molar-refractivity contribution is 0.0225. The fraction of sp³-hybridized carbons (Fsp3) is 0.423. The van der Waals surface area contributed by atoms with Crippen LogP contribution in [0.15, 0.2) is 36.7 Å². The molecule has 4 rings (SSSR count). The van der Waals surface area contributed by atoms with Crippen molar-refractivity contribution in [2.24, 2.45) is 0 Å². The van der Waals surface area contributed by atoms with E-state index in [2.05, 4.69) is 10.3 Å². The smallest absolute Gasteiger partial charge is 0.410 e. The number of amides is 2. The first kappa shape index (κ1) is 24.5. The minimum Gasteiger partial charge on any atom is -0.491 e. The third kappa shape index (κ3) is 5.08. The number of nitrogens with one attached hydrogen (secondary N) is 1. The molecule has 0 atom stereocenters. The van der Waals surface area contributed by atoms with E-state index in [1.165, 1.54) is 12.3 Å². The Kier molecular flexibility index (Phi) is 6.21. The molecule has 1 aliphatic rings. The van der Waals surface area contributed by atoms with Crippen LogP contribution in [0.25, 0.3) is 5.52 Å². The summed E-state index contributed by atoms with van der Waals surface area (Å²) in [4.78, 5) is 32.0. The molecule has 8 nitrogen and oxygen atoms in total. The van der Waals surface area contributed by atoms with Crippen LogP contribution >= 0.6 is 0 Å². The van der Waals surface area contributed by atoms with E-state index in [1.807, 2.05) is 47.6 Å². The number of aryl methyl sites for hydroxylation is 1. The zero-order valence-corrected chi connectivity index (χ0v) is 20.9. The number of ether oxygens (including phenoxy) is 2. The van der Waals surface area contributed by atoms with E-state index in [0.29, 0.717) is 29.2 Å². The number of imidazole rings is 1. The van der Waals surface area contributed by atoms with Gasteiger partial charge in [-0.25, -0.2) is 14.2 Å². The Morgan fingerprint density at radius 3 is 2.66 bits per heavy atom. The van der Waals surface area contributed by atoms with Gasteiger partial charge in [0.05, 0.1) is 35.9 Å². The summed E-state index contributed by atoms with van der Waals surface area (Å²) >= 11 is 0. The molecule has 2 aromatic heterocycles. The molecule has 186 valence electrons. The summed E-state index contributed by atoms with van der Waals surface area (Å²) < 4.78 is 27.2. The van der Waals surface area contributed by atoms with E-state index < -0.39 is 17.2 Å². The van der Waals surface area contributed by atoms with Gasteiger partial charge in [-0.05, 0) is 59.2 Å². The number of pyridine rings is 1. The number of aromatic nitrogens is 2. The SMILES string of the molecule is Cc1cc(F)cn2c(C(C)(C)NC(=O)c3cccc4c3OCCN(C(=O)OC(C)(C)C)C4)ncc12. The second-order valence-corrected chi connectivity index (χ2v) is 10.3. The van der Waals surface area contributed by atoms with Crippen LogP contribution in [-0.4, -0.2) is 45.0 Å². The first-order chi connectivity index (χ1) is 16.4. The van der Waals surface area contributed by atoms with Crippen molar-refractivity contribution in [2.75, 3.05) is 13.2 Å². The maximum absolute atomic E-state index is 14.1. The molecular weight excluding hydrogens is 451 g/mol. The number of halogens is 1. The molecule has 3 aromatic rings. The van der Waals surface area contributed by atoms with Gasteiger partial charge < -0.3 is 19.7 Å². The summed E-state index contributed by atoms with van der Waals surface area (Å²) in [6, 6.07) is 6.71. The number of para-hydroxylation sites is 1. The molecule has 35 heavy (non-hydrogen) atoms. The van der Waals surface area contributed by atoms with Crippen LogP contribution in [0.1, 0.15) is 61.9 Å². The number of rotatable bonds is 3. The maximum atomic E-state index is 14.1. The van der Waals surface area contributed by atoms with Crippen LogP contribution in [-0.2, 0) is 16.8 Å². The quantitative estimate of drug-likeness (QED) is 0.591. The number of hydrogen-bond donors (Lipinski definition) is 1. The van der Waals surface area contributed by atoms with Gasteiger partial charge in [0, 0.05) is 11.8 Å². The van der Waals surface area contributed by atoms with Crippen molar-refractivity contribution in [3.63, 3.8) is 0 Å². The van der Waals surface area contributed by atoms with Crippen molar-refractivity contribution in [1.82, 2.24) is 19.6 Å². The molecule has 3 heterocycles. The Balaban J connectivity index is 1.60. The lowest BCUT2D eigenvalue weighted by atomic mass is 10.0. The molecule has 9 heteroatoms. The fourth-order valence-corrected chi connectivity index (χ4v) is 4.18. The fourth-order valence-electron chi connectivity index (χ4n) is 4.18. The number of fused-ring (bicyclic) bond motifs is 2. The zero-order valence-electron chi connectivity index (χ0n) is 20.9. The van der Waals surface area contributed by atoms with Crippen molar-refractivity contribution in [2.45, 2.75) is 59.2 Å². The molecule has 0 fully saturated rings. The largest absolute Gasteiger partial charge is 0.491 e. The van der Waals surface area contributed by atoms with Crippen molar-refractivity contribution >= 4 is 17.5 Å². The molecular formula is C26H31FN4O4. The predicted octanol–water partition coefficient (Wildman–Crippen LogP) is 4.58. The summed E-state index contributed by atoms with van der Waals surface area (Å²) in [7, 11) is 0. The molecule has 1 aliphatic heterocycles. The van der Waals surface area contributed by atoms with Crippen LogP contribution < -0.4 is 10.1 Å². The first-order valence-electron chi connectivity index (χ1n) is 11.5. The second kappa shape index (κ2) is 8.87. The van der Waals surface area contributed by atoms with Crippen molar-refractivity contribution in [3.05, 3.63) is 65.0 Å². The molecule has 0 spiro atoms. The van der Waals surface area contributed by atoms with Gasteiger partial charge in [-0.2, -0.15) is 0 Å². The van der Waals surface area contributed by atoms with Crippen molar-refractivity contribution < 1.29 is 23.5 Å². The average Bonchev–Trinajstić information content (AvgIpc) is 3.05. The molecule has 0 radical (unpaired) electrons. The second-order valence-electron chi connectivity index (χ2n) is 10.3. The highest BCUT2D eigenvalue weighted by Crippen LogP contribution is 2.30. The lowest BCUT2D eigenvalue weighted by Gasteiger charge is -2.26. The van der Waals surface area contributed by atoms with E-state index in [1.54, 1.807) is 27.6 Å². The molecule has 0 aliphatic carbocycles. The van der Waals surface area contributed by atoms with Crippen molar-refractivity contribution in [1.29, 1.82) is 0 Å². The van der Waals surface area contributed by atoms with Gasteiger partial charge in [0.15, 0.2) is 0 Å². The van der Waals surface area contributed by atoms with Gasteiger partial charge in [0.2, 0.25) is 0 Å². The highest BCUT2D eigenvalue weighted by molar-refractivity contribution is 5.98. The Morgan fingerprint density at radius 2 is 1.94 bits per heavy atom. The molecule has 0 bridgehead atoms. The number of carbonyl (C=O) groups is 2. The first-order valence-corrected chi connectivity index (χ1v) is 11.5. The summed E-state index contributed by atoms with van der Waals surface area (Å²) in [5.74, 6) is 0.194. The van der Waals surface area contributed by atoms with Gasteiger partial charge in [-0.1, -0.05) is 12.1 Å². The number of hydrogen-bond acceptors (Lipinski definition) is 5. The Labute approximate surface area is 204 Å². The van der Waals surface area contributed by atoms with Gasteiger partial charge in [0.1, 0.15) is 29.6 Å². The number of carbonyl (C=O) groups excluding carboxylic acids is 2. The Hall–Kier alpha value is -3.62. The highest BCUT2D eigenvalue weighted by atomic mass is 19.1. The molecule has 0 unspecified atom stereocenters. The summed E-state index contributed by atoms with van der Waals surface area (Å²) in [5, 5.41) is 3.01. The van der Waals surface area contributed by atoms with E-state index in [0.717, 1.165) is 11.1 Å². The Bertz CT molecular complexity index is 1290. The average molecular weight is 483 g/mol. The van der Waals surface area contributed by atoms with Crippen LogP contribution in [0, 0.1) is 12.7 Å². The summed E-state index contributed by atoms with van der Waals surface area (Å²) in [6.07, 6.45) is 2.60. The van der Waals surface area contributed by atoms with E-state index >= 15 is 0 Å². The van der Waals surface area contributed by atoms with Crippen LogP contribution in [0.3, 0.4) is 0 Å². The van der Waals surface area contributed by atoms with E-state index in [9.17, 15) is 14.0 Å². The van der Waals surface area contributed by atoms with E-state index in [4.69, 9.17) is 9.47 Å². The zero-order chi connectivity index (χ0) is 25.5. The lowest BCUT2D eigenvalue weighted by Crippen LogP contribution is -2.42. The minimum atomic E-state index is -0.917. The number of benzene rings is 1. The summed E-state index contributed by atoms with van der Waals surface area (Å²) in [5.41, 5.74) is 1.05. The highest BCUT2D eigenvalue weighted by Gasteiger charge is 2.31. The third-order valence-corrected chi connectivity index (χ3v) is 5.75. The van der Waals surface area contributed by atoms with Gasteiger partial charge in [-0.3, -0.25) is 9.20 Å². The third-order valence-electron chi connectivity index (χ3n) is 5.75. The van der Waals surface area contributed by atoms with Gasteiger partial charge in [0.25, 0.3) is 5.91 Å². The standard InChI is InChI=1S/C26H31FN4O4/c1-16-12-18(27)15-31-20(16)13-28-23(31)26(5,6)29-22(32)19-9-7-8-17-14-30(10-11-34-21(17)19)24(33)35-25(2,3)4/h7-9,12-13,15H,10-11,14H2,1-6H3,(H,29,32). The van der Waals surface area contributed by atoms with E-state index in [-0.39, 0.29) is 24.9 Å². The molecule has 0 saturated carbocycles. The molecule has 2 amide bonds. The minimum absolute atomic E-state index is 0.226. The van der Waals surface area contributed by atoms with Crippen LogP contribution in [0.2, 0.25) is 0 Å². The molecule has 1 aromatic carbocycles. The van der Waals surface area contributed by atoms with Crippen LogP contribution in [0.4, 0.5) is 9.18 Å². The summed E-state index contributed by atoms with van der Waals surface area (Å²) in [6.45, 7) is 11.7. The number of nitrogens with zero attached hydrogens (tertiary/aromatic N) is 3. The molecule has 1 N–H and O–H groups in total. The molecule has 0 saturated heterocycles.